The van der Waals surface area contributed by atoms with E-state index in [9.17, 15) is 4.79 Å². The van der Waals surface area contributed by atoms with Gasteiger partial charge in [0, 0.05) is 42.5 Å². The van der Waals surface area contributed by atoms with Crippen molar-refractivity contribution in [3.8, 4) is 11.1 Å². The van der Waals surface area contributed by atoms with Crippen LogP contribution in [-0.2, 0) is 0 Å². The highest BCUT2D eigenvalue weighted by Gasteiger charge is 2.15. The van der Waals surface area contributed by atoms with Crippen LogP contribution in [0.5, 0.6) is 0 Å². The molecule has 0 atom stereocenters. The summed E-state index contributed by atoms with van der Waals surface area (Å²) in [5, 5.41) is 0.924. The molecular formula is C22H26N4O. The number of nitrogen functional groups attached to an aromatic ring is 1. The van der Waals surface area contributed by atoms with Crippen molar-refractivity contribution >= 4 is 22.5 Å². The molecule has 27 heavy (non-hydrogen) atoms. The van der Waals surface area contributed by atoms with E-state index in [-0.39, 0.29) is 5.91 Å². The molecule has 5 nitrogen and oxygen atoms in total. The van der Waals surface area contributed by atoms with E-state index >= 15 is 0 Å². The van der Waals surface area contributed by atoms with E-state index in [1.54, 1.807) is 12.3 Å². The van der Waals surface area contributed by atoms with Crippen LogP contribution in [0.4, 0.5) is 5.69 Å². The zero-order chi connectivity index (χ0) is 19.4. The highest BCUT2D eigenvalue weighted by molar-refractivity contribution is 5.97. The number of aromatic nitrogens is 1. The third-order valence-electron chi connectivity index (χ3n) is 4.70. The lowest BCUT2D eigenvalue weighted by molar-refractivity contribution is 0.0754. The van der Waals surface area contributed by atoms with E-state index in [1.165, 1.54) is 0 Å². The van der Waals surface area contributed by atoms with Crippen molar-refractivity contribution in [1.29, 1.82) is 0 Å². The van der Waals surface area contributed by atoms with E-state index in [1.807, 2.05) is 68.4 Å². The molecule has 1 amide bonds. The van der Waals surface area contributed by atoms with Gasteiger partial charge in [-0.2, -0.15) is 0 Å². The molecule has 2 aromatic carbocycles. The minimum Gasteiger partial charge on any atom is -0.398 e. The number of anilines is 1. The molecule has 3 rings (SSSR count). The Morgan fingerprint density at radius 1 is 1.04 bits per heavy atom. The van der Waals surface area contributed by atoms with Crippen LogP contribution in [-0.4, -0.2) is 54.4 Å². The van der Waals surface area contributed by atoms with Gasteiger partial charge in [0.25, 0.3) is 5.91 Å². The van der Waals surface area contributed by atoms with Crippen molar-refractivity contribution in [2.45, 2.75) is 6.92 Å². The molecule has 140 valence electrons. The molecule has 1 aromatic heterocycles. The number of carbonyl (C=O) groups is 1. The summed E-state index contributed by atoms with van der Waals surface area (Å²) in [5.74, 6) is 0.0585. The summed E-state index contributed by atoms with van der Waals surface area (Å²) < 4.78 is 0. The summed E-state index contributed by atoms with van der Waals surface area (Å²) >= 11 is 0. The lowest BCUT2D eigenvalue weighted by Gasteiger charge is -2.23. The summed E-state index contributed by atoms with van der Waals surface area (Å²) in [5.41, 5.74) is 10.4. The quantitative estimate of drug-likeness (QED) is 0.729. The maximum Gasteiger partial charge on any atom is 0.253 e. The number of fused-ring (bicyclic) bond motifs is 1. The number of amides is 1. The van der Waals surface area contributed by atoms with Crippen LogP contribution in [0, 0.1) is 0 Å². The fourth-order valence-electron chi connectivity index (χ4n) is 3.09. The molecule has 0 saturated carbocycles. The number of rotatable bonds is 6. The zero-order valence-corrected chi connectivity index (χ0v) is 16.1. The van der Waals surface area contributed by atoms with Crippen molar-refractivity contribution in [2.24, 2.45) is 0 Å². The summed E-state index contributed by atoms with van der Waals surface area (Å²) in [6, 6.07) is 15.6. The van der Waals surface area contributed by atoms with Crippen LogP contribution in [0.25, 0.3) is 22.0 Å². The second kappa shape index (κ2) is 8.18. The van der Waals surface area contributed by atoms with Gasteiger partial charge < -0.3 is 15.5 Å². The third-order valence-corrected chi connectivity index (χ3v) is 4.70. The molecular weight excluding hydrogens is 336 g/mol. The smallest absolute Gasteiger partial charge is 0.253 e. The Labute approximate surface area is 160 Å². The van der Waals surface area contributed by atoms with E-state index in [0.717, 1.165) is 28.6 Å². The monoisotopic (exact) mass is 362 g/mol. The van der Waals surface area contributed by atoms with Gasteiger partial charge in [-0.15, -0.1) is 0 Å². The number of hydrogen-bond acceptors (Lipinski definition) is 4. The van der Waals surface area contributed by atoms with Gasteiger partial charge in [-0.1, -0.05) is 18.2 Å². The molecule has 0 spiro atoms. The molecule has 0 aliphatic carbocycles. The first-order valence-electron chi connectivity index (χ1n) is 9.18. The molecule has 0 aliphatic rings. The second-order valence-corrected chi connectivity index (χ2v) is 6.90. The molecule has 0 bridgehead atoms. The van der Waals surface area contributed by atoms with E-state index in [4.69, 9.17) is 5.73 Å². The van der Waals surface area contributed by atoms with E-state index in [0.29, 0.717) is 24.3 Å². The first-order chi connectivity index (χ1) is 13.0. The normalized spacial score (nSPS) is 11.1. The van der Waals surface area contributed by atoms with Crippen LogP contribution in [0.15, 0.2) is 54.7 Å². The maximum absolute atomic E-state index is 12.9. The molecule has 0 saturated heterocycles. The van der Waals surface area contributed by atoms with Gasteiger partial charge in [0.2, 0.25) is 0 Å². The number of likely N-dealkylation sites (N-methyl/N-ethyl adjacent to an activating group) is 2. The van der Waals surface area contributed by atoms with Crippen molar-refractivity contribution in [3.05, 3.63) is 60.3 Å². The SMILES string of the molecule is CCN(CCN(C)C)C(=O)c1cccc(-c2ccc3nccc(N)c3c2)c1. The number of nitrogens with two attached hydrogens (primary N) is 1. The van der Waals surface area contributed by atoms with Gasteiger partial charge in [-0.3, -0.25) is 9.78 Å². The Bertz CT molecular complexity index is 952. The number of nitrogens with zero attached hydrogens (tertiary/aromatic N) is 3. The Morgan fingerprint density at radius 2 is 1.81 bits per heavy atom. The van der Waals surface area contributed by atoms with Gasteiger partial charge in [0.15, 0.2) is 0 Å². The Kier molecular flexibility index (Phi) is 5.72. The molecule has 0 aliphatic heterocycles. The Hall–Kier alpha value is -2.92. The van der Waals surface area contributed by atoms with E-state index in [2.05, 4.69) is 9.88 Å². The van der Waals surface area contributed by atoms with Crippen LogP contribution >= 0.6 is 0 Å². The molecule has 1 heterocycles. The molecule has 5 heteroatoms. The van der Waals surface area contributed by atoms with Crippen LogP contribution in [0.1, 0.15) is 17.3 Å². The molecule has 3 aromatic rings. The Morgan fingerprint density at radius 3 is 2.56 bits per heavy atom. The summed E-state index contributed by atoms with van der Waals surface area (Å²) in [6.07, 6.45) is 1.71. The topological polar surface area (TPSA) is 62.5 Å². The third kappa shape index (κ3) is 4.26. The number of hydrogen-bond donors (Lipinski definition) is 1. The minimum absolute atomic E-state index is 0.0585. The van der Waals surface area contributed by atoms with Crippen LogP contribution in [0.2, 0.25) is 0 Å². The molecule has 2 N–H and O–H groups in total. The van der Waals surface area contributed by atoms with Crippen molar-refractivity contribution < 1.29 is 4.79 Å². The molecule has 0 unspecified atom stereocenters. The second-order valence-electron chi connectivity index (χ2n) is 6.90. The molecule has 0 fully saturated rings. The Balaban J connectivity index is 1.91. The number of carbonyl (C=O) groups excluding carboxylic acids is 1. The predicted molar refractivity (Wildman–Crippen MR) is 112 cm³/mol. The average molecular weight is 362 g/mol. The average Bonchev–Trinajstić information content (AvgIpc) is 2.68. The van der Waals surface area contributed by atoms with Gasteiger partial charge in [-0.25, -0.2) is 0 Å². The largest absolute Gasteiger partial charge is 0.398 e. The van der Waals surface area contributed by atoms with Gasteiger partial charge in [-0.05, 0) is 62.5 Å². The van der Waals surface area contributed by atoms with Gasteiger partial charge in [0.05, 0.1) is 5.52 Å². The summed E-state index contributed by atoms with van der Waals surface area (Å²) in [4.78, 5) is 21.2. The first kappa shape index (κ1) is 18.9. The predicted octanol–water partition coefficient (Wildman–Crippen LogP) is 3.51. The van der Waals surface area contributed by atoms with Crippen molar-refractivity contribution in [3.63, 3.8) is 0 Å². The standard InChI is InChI=1S/C22H26N4O/c1-4-26(13-12-25(2)3)22(27)18-7-5-6-16(14-18)17-8-9-21-19(15-17)20(23)10-11-24-21/h5-11,14-15H,4,12-13H2,1-3H3,(H2,23,24). The molecule has 0 radical (unpaired) electrons. The maximum atomic E-state index is 12.9. The van der Waals surface area contributed by atoms with Crippen molar-refractivity contribution in [2.75, 3.05) is 39.5 Å². The van der Waals surface area contributed by atoms with E-state index < -0.39 is 0 Å². The summed E-state index contributed by atoms with van der Waals surface area (Å²) in [6.45, 7) is 4.26. The summed E-state index contributed by atoms with van der Waals surface area (Å²) in [7, 11) is 4.03. The zero-order valence-electron chi connectivity index (χ0n) is 16.1. The fourth-order valence-corrected chi connectivity index (χ4v) is 3.09. The highest BCUT2D eigenvalue weighted by atomic mass is 16.2. The fraction of sp³-hybridized carbons (Fsp3) is 0.273. The number of pyridine rings is 1. The highest BCUT2D eigenvalue weighted by Crippen LogP contribution is 2.27. The minimum atomic E-state index is 0.0585. The van der Waals surface area contributed by atoms with Crippen LogP contribution < -0.4 is 5.73 Å². The number of benzene rings is 2. The first-order valence-corrected chi connectivity index (χ1v) is 9.18. The lowest BCUT2D eigenvalue weighted by atomic mass is 10.0. The van der Waals surface area contributed by atoms with Gasteiger partial charge in [0.1, 0.15) is 0 Å². The lowest BCUT2D eigenvalue weighted by Crippen LogP contribution is -2.36. The van der Waals surface area contributed by atoms with Crippen molar-refractivity contribution in [1.82, 2.24) is 14.8 Å². The van der Waals surface area contributed by atoms with Crippen LogP contribution in [0.3, 0.4) is 0 Å². The van der Waals surface area contributed by atoms with Gasteiger partial charge >= 0.3 is 0 Å².